The van der Waals surface area contributed by atoms with E-state index >= 15 is 0 Å². The van der Waals surface area contributed by atoms with Crippen molar-refractivity contribution in [1.29, 1.82) is 0 Å². The molecule has 2 aliphatic rings. The van der Waals surface area contributed by atoms with E-state index in [1.165, 1.54) is 11.1 Å². The van der Waals surface area contributed by atoms with Gasteiger partial charge in [0, 0.05) is 36.0 Å². The third kappa shape index (κ3) is 1.97. The number of rotatable bonds is 1. The van der Waals surface area contributed by atoms with Gasteiger partial charge in [0.1, 0.15) is 11.4 Å². The fraction of sp³-hybridized carbons (Fsp3) is 0.333. The van der Waals surface area contributed by atoms with E-state index in [-0.39, 0.29) is 5.60 Å². The predicted octanol–water partition coefficient (Wildman–Crippen LogP) is 4.05. The van der Waals surface area contributed by atoms with Crippen molar-refractivity contribution in [3.63, 3.8) is 0 Å². The van der Waals surface area contributed by atoms with Crippen LogP contribution in [0.2, 0.25) is 5.02 Å². The van der Waals surface area contributed by atoms with E-state index in [0.717, 1.165) is 30.3 Å². The Bertz CT molecular complexity index is 669. The smallest absolute Gasteiger partial charge is 0.143 e. The summed E-state index contributed by atoms with van der Waals surface area (Å²) in [5, 5.41) is 0.773. The molecule has 0 N–H and O–H groups in total. The zero-order valence-corrected chi connectivity index (χ0v) is 12.8. The molecular weight excluding hydrogens is 282 g/mol. The molecule has 2 aliphatic heterocycles. The second kappa shape index (κ2) is 4.75. The van der Waals surface area contributed by atoms with Crippen molar-refractivity contribution in [3.8, 4) is 5.75 Å². The summed E-state index contributed by atoms with van der Waals surface area (Å²) >= 11 is 6.05. The summed E-state index contributed by atoms with van der Waals surface area (Å²) in [5.74, 6) is 1.42. The van der Waals surface area contributed by atoms with E-state index in [4.69, 9.17) is 16.3 Å². The average molecular weight is 300 g/mol. The topological polar surface area (TPSA) is 12.5 Å². The van der Waals surface area contributed by atoms with Crippen LogP contribution in [-0.4, -0.2) is 25.0 Å². The van der Waals surface area contributed by atoms with E-state index in [1.807, 2.05) is 12.1 Å². The zero-order valence-electron chi connectivity index (χ0n) is 12.1. The van der Waals surface area contributed by atoms with Crippen molar-refractivity contribution < 1.29 is 4.74 Å². The number of nitrogens with zero attached hydrogens (tertiary/aromatic N) is 1. The van der Waals surface area contributed by atoms with E-state index in [0.29, 0.717) is 5.92 Å². The molecular formula is C18H18ClNO. The molecule has 0 saturated carbocycles. The first-order valence-corrected chi connectivity index (χ1v) is 7.79. The van der Waals surface area contributed by atoms with Gasteiger partial charge in [0.2, 0.25) is 0 Å². The van der Waals surface area contributed by atoms with Crippen LogP contribution in [0.1, 0.15) is 23.5 Å². The fourth-order valence-corrected chi connectivity index (χ4v) is 3.87. The highest BCUT2D eigenvalue weighted by Crippen LogP contribution is 2.54. The van der Waals surface area contributed by atoms with Crippen molar-refractivity contribution in [2.75, 3.05) is 20.1 Å². The number of fused-ring (bicyclic) bond motifs is 3. The van der Waals surface area contributed by atoms with Gasteiger partial charge >= 0.3 is 0 Å². The number of hydrogen-bond donors (Lipinski definition) is 0. The Morgan fingerprint density at radius 3 is 2.71 bits per heavy atom. The molecule has 4 rings (SSSR count). The van der Waals surface area contributed by atoms with Gasteiger partial charge in [-0.2, -0.15) is 0 Å². The van der Waals surface area contributed by atoms with Crippen LogP contribution in [-0.2, 0) is 5.60 Å². The second-order valence-corrected chi connectivity index (χ2v) is 6.54. The molecule has 1 saturated heterocycles. The van der Waals surface area contributed by atoms with Crippen LogP contribution in [0.5, 0.6) is 5.75 Å². The maximum Gasteiger partial charge on any atom is 0.143 e. The van der Waals surface area contributed by atoms with Gasteiger partial charge in [-0.3, -0.25) is 0 Å². The van der Waals surface area contributed by atoms with E-state index in [2.05, 4.69) is 48.3 Å². The molecule has 2 atom stereocenters. The summed E-state index contributed by atoms with van der Waals surface area (Å²) in [6.07, 6.45) is 1.00. The number of hydrogen-bond acceptors (Lipinski definition) is 2. The molecule has 2 heterocycles. The minimum Gasteiger partial charge on any atom is -0.482 e. The molecule has 0 radical (unpaired) electrons. The standard InChI is InChI=1S/C18H18ClNO/c1-20-11-10-18(13-6-8-14(19)9-7-13)16(12-20)15-4-2-3-5-17(15)21-18/h2-9,16H,10-12H2,1H3/t16-,18+/m1/s1. The minimum absolute atomic E-state index is 0.235. The van der Waals surface area contributed by atoms with Crippen molar-refractivity contribution >= 4 is 11.6 Å². The number of piperidine rings is 1. The molecule has 0 aromatic heterocycles. The summed E-state index contributed by atoms with van der Waals surface area (Å²) in [6, 6.07) is 16.6. The Balaban J connectivity index is 1.84. The minimum atomic E-state index is -0.235. The van der Waals surface area contributed by atoms with Crippen molar-refractivity contribution in [2.24, 2.45) is 0 Å². The van der Waals surface area contributed by atoms with Crippen LogP contribution in [0.15, 0.2) is 48.5 Å². The molecule has 108 valence electrons. The molecule has 2 aromatic rings. The van der Waals surface area contributed by atoms with Crippen LogP contribution in [0.25, 0.3) is 0 Å². The second-order valence-electron chi connectivity index (χ2n) is 6.10. The Morgan fingerprint density at radius 1 is 1.14 bits per heavy atom. The zero-order chi connectivity index (χ0) is 14.4. The summed E-state index contributed by atoms with van der Waals surface area (Å²) in [5.41, 5.74) is 2.33. The normalized spacial score (nSPS) is 27.8. The molecule has 0 bridgehead atoms. The van der Waals surface area contributed by atoms with Gasteiger partial charge in [-0.1, -0.05) is 41.9 Å². The van der Waals surface area contributed by atoms with Crippen molar-refractivity contribution in [2.45, 2.75) is 17.9 Å². The Kier molecular flexibility index (Phi) is 2.98. The van der Waals surface area contributed by atoms with E-state index in [1.54, 1.807) is 0 Å². The third-order valence-electron chi connectivity index (χ3n) is 4.84. The van der Waals surface area contributed by atoms with Crippen LogP contribution in [0, 0.1) is 0 Å². The monoisotopic (exact) mass is 299 g/mol. The highest BCUT2D eigenvalue weighted by molar-refractivity contribution is 6.30. The lowest BCUT2D eigenvalue weighted by Gasteiger charge is -2.42. The number of benzene rings is 2. The van der Waals surface area contributed by atoms with E-state index in [9.17, 15) is 0 Å². The van der Waals surface area contributed by atoms with Gasteiger partial charge in [0.15, 0.2) is 0 Å². The molecule has 0 amide bonds. The van der Waals surface area contributed by atoms with Crippen LogP contribution < -0.4 is 4.74 Å². The highest BCUT2D eigenvalue weighted by atomic mass is 35.5. The van der Waals surface area contributed by atoms with Gasteiger partial charge in [0.25, 0.3) is 0 Å². The maximum atomic E-state index is 6.50. The first-order valence-electron chi connectivity index (χ1n) is 7.41. The first-order chi connectivity index (χ1) is 10.2. The van der Waals surface area contributed by atoms with Crippen molar-refractivity contribution in [3.05, 3.63) is 64.7 Å². The summed E-state index contributed by atoms with van der Waals surface area (Å²) < 4.78 is 6.50. The molecule has 0 unspecified atom stereocenters. The molecule has 0 aliphatic carbocycles. The number of likely N-dealkylation sites (N-methyl/N-ethyl adjacent to an activating group) is 1. The molecule has 2 nitrogen and oxygen atoms in total. The van der Waals surface area contributed by atoms with Crippen LogP contribution in [0.4, 0.5) is 0 Å². The number of halogens is 1. The molecule has 2 aromatic carbocycles. The number of likely N-dealkylation sites (tertiary alicyclic amines) is 1. The number of para-hydroxylation sites is 1. The Hall–Kier alpha value is -1.51. The first kappa shape index (κ1) is 13.2. The van der Waals surface area contributed by atoms with Crippen LogP contribution in [0.3, 0.4) is 0 Å². The predicted molar refractivity (Wildman–Crippen MR) is 85.1 cm³/mol. The number of ether oxygens (including phenoxy) is 1. The lowest BCUT2D eigenvalue weighted by molar-refractivity contribution is 0.00703. The lowest BCUT2D eigenvalue weighted by atomic mass is 9.74. The lowest BCUT2D eigenvalue weighted by Crippen LogP contribution is -2.47. The third-order valence-corrected chi connectivity index (χ3v) is 5.09. The summed E-state index contributed by atoms with van der Waals surface area (Å²) in [6.45, 7) is 2.08. The quantitative estimate of drug-likeness (QED) is 0.788. The van der Waals surface area contributed by atoms with Crippen LogP contribution >= 0.6 is 11.6 Å². The fourth-order valence-electron chi connectivity index (χ4n) is 3.75. The van der Waals surface area contributed by atoms with Gasteiger partial charge in [-0.25, -0.2) is 0 Å². The Morgan fingerprint density at radius 2 is 1.90 bits per heavy atom. The summed E-state index contributed by atoms with van der Waals surface area (Å²) in [4.78, 5) is 2.39. The molecule has 21 heavy (non-hydrogen) atoms. The van der Waals surface area contributed by atoms with Gasteiger partial charge in [0.05, 0.1) is 0 Å². The Labute approximate surface area is 130 Å². The van der Waals surface area contributed by atoms with Gasteiger partial charge in [-0.05, 0) is 30.8 Å². The van der Waals surface area contributed by atoms with Crippen molar-refractivity contribution in [1.82, 2.24) is 4.90 Å². The van der Waals surface area contributed by atoms with Gasteiger partial charge in [-0.15, -0.1) is 0 Å². The largest absolute Gasteiger partial charge is 0.482 e. The van der Waals surface area contributed by atoms with Gasteiger partial charge < -0.3 is 9.64 Å². The highest BCUT2D eigenvalue weighted by Gasteiger charge is 2.51. The van der Waals surface area contributed by atoms with E-state index < -0.39 is 0 Å². The summed E-state index contributed by atoms with van der Waals surface area (Å²) in [7, 11) is 2.19. The average Bonchev–Trinajstić information content (AvgIpc) is 2.83. The molecule has 1 fully saturated rings. The molecule has 3 heteroatoms. The molecule has 0 spiro atoms. The SMILES string of the molecule is CN1CC[C@@]2(c3ccc(Cl)cc3)Oc3ccccc3[C@H]2C1. The maximum absolute atomic E-state index is 6.50.